The lowest BCUT2D eigenvalue weighted by Gasteiger charge is -2.15. The predicted molar refractivity (Wildman–Crippen MR) is 148 cm³/mol. The molecule has 0 atom stereocenters. The fraction of sp³-hybridized carbons (Fsp3) is 0.111. The van der Waals surface area contributed by atoms with Crippen molar-refractivity contribution in [1.82, 2.24) is 4.98 Å². The van der Waals surface area contributed by atoms with Crippen LogP contribution in [-0.4, -0.2) is 36.7 Å². The van der Waals surface area contributed by atoms with Gasteiger partial charge in [-0.15, -0.1) is 5.10 Å². The lowest BCUT2D eigenvalue weighted by molar-refractivity contribution is 0.102. The van der Waals surface area contributed by atoms with E-state index in [-0.39, 0.29) is 11.9 Å². The molecule has 9 nitrogen and oxygen atoms in total. The van der Waals surface area contributed by atoms with Crippen molar-refractivity contribution in [3.8, 4) is 0 Å². The molecule has 6 N–H and O–H groups in total. The highest BCUT2D eigenvalue weighted by Crippen LogP contribution is 2.29. The number of nitrogens with zero attached hydrogens (tertiary/aromatic N) is 4. The molecular formula is C27H28N8O. The smallest absolute Gasteiger partial charge is 0.255 e. The standard InChI is InChI=1S/C27H28N8O/c1-17(33-34-27(28)29)18-5-4-6-19(15-18)26(36)32-21-9-7-20(8-10-21)31-25-13-14-30-24-12-11-22(35(2)3)16-23(24)25/h4-16H,1-3H3,(H,30,31)(H,32,36)(H4,28,29,34)/b33-17+. The SMILES string of the molecule is C/C(=N\N=C(N)N)c1cccc(C(=O)Nc2ccc(Nc3ccnc4ccc(N(C)C)cc34)cc2)c1. The van der Waals surface area contributed by atoms with E-state index in [0.717, 1.165) is 33.5 Å². The van der Waals surface area contributed by atoms with Crippen LogP contribution >= 0.6 is 0 Å². The van der Waals surface area contributed by atoms with Crippen LogP contribution in [0.4, 0.5) is 22.7 Å². The number of pyridine rings is 1. The maximum atomic E-state index is 12.8. The van der Waals surface area contributed by atoms with Gasteiger partial charge in [-0.3, -0.25) is 9.78 Å². The highest BCUT2D eigenvalue weighted by molar-refractivity contribution is 6.07. The molecule has 1 aromatic heterocycles. The Labute approximate surface area is 209 Å². The lowest BCUT2D eigenvalue weighted by Crippen LogP contribution is -2.22. The molecule has 0 saturated carbocycles. The fourth-order valence-corrected chi connectivity index (χ4v) is 3.59. The Morgan fingerprint density at radius 1 is 0.889 bits per heavy atom. The maximum Gasteiger partial charge on any atom is 0.255 e. The summed E-state index contributed by atoms with van der Waals surface area (Å²) in [4.78, 5) is 19.3. The Morgan fingerprint density at radius 3 is 2.33 bits per heavy atom. The number of carbonyl (C=O) groups excluding carboxylic acids is 1. The van der Waals surface area contributed by atoms with E-state index < -0.39 is 0 Å². The third kappa shape index (κ3) is 5.76. The van der Waals surface area contributed by atoms with Crippen LogP contribution < -0.4 is 27.0 Å². The summed E-state index contributed by atoms with van der Waals surface area (Å²) >= 11 is 0. The number of amides is 1. The summed E-state index contributed by atoms with van der Waals surface area (Å²) in [5.74, 6) is -0.361. The van der Waals surface area contributed by atoms with Crippen LogP contribution in [0, 0.1) is 0 Å². The predicted octanol–water partition coefficient (Wildman–Crippen LogP) is 4.29. The molecule has 0 aliphatic rings. The molecule has 0 fully saturated rings. The number of carbonyl (C=O) groups is 1. The van der Waals surface area contributed by atoms with Gasteiger partial charge in [0.25, 0.3) is 5.91 Å². The molecule has 0 spiro atoms. The van der Waals surface area contributed by atoms with Crippen molar-refractivity contribution in [2.24, 2.45) is 21.7 Å². The van der Waals surface area contributed by atoms with Gasteiger partial charge in [-0.2, -0.15) is 5.10 Å². The molecule has 0 aliphatic heterocycles. The van der Waals surface area contributed by atoms with Crippen molar-refractivity contribution in [3.05, 3.63) is 90.1 Å². The summed E-state index contributed by atoms with van der Waals surface area (Å²) in [5, 5.41) is 15.0. The first-order chi connectivity index (χ1) is 17.3. The molecule has 0 saturated heterocycles. The minimum atomic E-state index is -0.233. The van der Waals surface area contributed by atoms with Gasteiger partial charge in [0.2, 0.25) is 5.96 Å². The lowest BCUT2D eigenvalue weighted by atomic mass is 10.1. The van der Waals surface area contributed by atoms with Crippen LogP contribution in [0.25, 0.3) is 10.9 Å². The quantitative estimate of drug-likeness (QED) is 0.177. The number of hydrogen-bond acceptors (Lipinski definition) is 6. The number of anilines is 4. The Balaban J connectivity index is 1.48. The molecule has 1 heterocycles. The first kappa shape index (κ1) is 24.2. The third-order valence-electron chi connectivity index (χ3n) is 5.52. The number of nitrogens with one attached hydrogen (secondary N) is 2. The Morgan fingerprint density at radius 2 is 1.61 bits per heavy atom. The maximum absolute atomic E-state index is 12.8. The molecule has 1 amide bonds. The van der Waals surface area contributed by atoms with E-state index in [4.69, 9.17) is 11.5 Å². The van der Waals surface area contributed by atoms with Crippen molar-refractivity contribution in [2.75, 3.05) is 29.6 Å². The number of rotatable bonds is 7. The van der Waals surface area contributed by atoms with Crippen molar-refractivity contribution in [1.29, 1.82) is 0 Å². The van der Waals surface area contributed by atoms with Crippen molar-refractivity contribution >= 4 is 51.2 Å². The van der Waals surface area contributed by atoms with Crippen LogP contribution in [-0.2, 0) is 0 Å². The zero-order valence-electron chi connectivity index (χ0n) is 20.4. The molecule has 0 bridgehead atoms. The number of fused-ring (bicyclic) bond motifs is 1. The molecule has 9 heteroatoms. The van der Waals surface area contributed by atoms with Crippen LogP contribution in [0.15, 0.2) is 89.2 Å². The molecule has 0 aliphatic carbocycles. The second-order valence-corrected chi connectivity index (χ2v) is 8.40. The van der Waals surface area contributed by atoms with E-state index in [0.29, 0.717) is 17.0 Å². The molecule has 36 heavy (non-hydrogen) atoms. The molecule has 4 rings (SSSR count). The van der Waals surface area contributed by atoms with Gasteiger partial charge in [-0.1, -0.05) is 12.1 Å². The zero-order chi connectivity index (χ0) is 25.7. The third-order valence-corrected chi connectivity index (χ3v) is 5.52. The molecule has 0 unspecified atom stereocenters. The molecule has 182 valence electrons. The summed E-state index contributed by atoms with van der Waals surface area (Å²) in [5.41, 5.74) is 17.0. The van der Waals surface area contributed by atoms with E-state index in [1.54, 1.807) is 31.3 Å². The van der Waals surface area contributed by atoms with Gasteiger partial charge in [0.05, 0.1) is 11.2 Å². The van der Waals surface area contributed by atoms with Gasteiger partial charge in [0.15, 0.2) is 0 Å². The van der Waals surface area contributed by atoms with Gasteiger partial charge in [0.1, 0.15) is 0 Å². The second kappa shape index (κ2) is 10.6. The molecule has 4 aromatic rings. The second-order valence-electron chi connectivity index (χ2n) is 8.40. The minimum absolute atomic E-state index is 0.128. The summed E-state index contributed by atoms with van der Waals surface area (Å²) < 4.78 is 0. The summed E-state index contributed by atoms with van der Waals surface area (Å²) in [7, 11) is 4.02. The summed E-state index contributed by atoms with van der Waals surface area (Å²) in [6.07, 6.45) is 1.78. The van der Waals surface area contributed by atoms with Gasteiger partial charge < -0.3 is 27.0 Å². The van der Waals surface area contributed by atoms with Crippen LogP contribution in [0.5, 0.6) is 0 Å². The van der Waals surface area contributed by atoms with Crippen LogP contribution in [0.2, 0.25) is 0 Å². The monoisotopic (exact) mass is 480 g/mol. The zero-order valence-corrected chi connectivity index (χ0v) is 20.4. The minimum Gasteiger partial charge on any atom is -0.378 e. The Hall–Kier alpha value is -4.92. The fourth-order valence-electron chi connectivity index (χ4n) is 3.59. The first-order valence-corrected chi connectivity index (χ1v) is 11.3. The van der Waals surface area contributed by atoms with Crippen LogP contribution in [0.1, 0.15) is 22.8 Å². The van der Waals surface area contributed by atoms with Crippen molar-refractivity contribution in [3.63, 3.8) is 0 Å². The largest absolute Gasteiger partial charge is 0.378 e. The molecular weight excluding hydrogens is 452 g/mol. The topological polar surface area (TPSA) is 134 Å². The summed E-state index contributed by atoms with van der Waals surface area (Å²) in [6, 6.07) is 22.7. The summed E-state index contributed by atoms with van der Waals surface area (Å²) in [6.45, 7) is 1.77. The van der Waals surface area contributed by atoms with Crippen molar-refractivity contribution in [2.45, 2.75) is 6.92 Å². The highest BCUT2D eigenvalue weighted by atomic mass is 16.1. The Bertz CT molecular complexity index is 1450. The highest BCUT2D eigenvalue weighted by Gasteiger charge is 2.09. The normalized spacial score (nSPS) is 11.1. The number of aromatic nitrogens is 1. The number of guanidine groups is 1. The van der Waals surface area contributed by atoms with E-state index in [9.17, 15) is 4.79 Å². The first-order valence-electron chi connectivity index (χ1n) is 11.3. The average molecular weight is 481 g/mol. The number of hydrogen-bond donors (Lipinski definition) is 4. The number of nitrogens with two attached hydrogens (primary N) is 2. The van der Waals surface area contributed by atoms with E-state index >= 15 is 0 Å². The number of benzene rings is 3. The Kier molecular flexibility index (Phi) is 7.10. The van der Waals surface area contributed by atoms with Crippen molar-refractivity contribution < 1.29 is 4.79 Å². The van der Waals surface area contributed by atoms with E-state index in [1.165, 1.54) is 0 Å². The van der Waals surface area contributed by atoms with Gasteiger partial charge in [0, 0.05) is 54.0 Å². The van der Waals surface area contributed by atoms with Gasteiger partial charge >= 0.3 is 0 Å². The van der Waals surface area contributed by atoms with Gasteiger partial charge in [-0.25, -0.2) is 0 Å². The molecule has 0 radical (unpaired) electrons. The van der Waals surface area contributed by atoms with E-state index in [1.807, 2.05) is 62.6 Å². The van der Waals surface area contributed by atoms with E-state index in [2.05, 4.69) is 36.8 Å². The molecule has 3 aromatic carbocycles. The van der Waals surface area contributed by atoms with Crippen LogP contribution in [0.3, 0.4) is 0 Å². The van der Waals surface area contributed by atoms with Gasteiger partial charge in [-0.05, 0) is 73.2 Å². The average Bonchev–Trinajstić information content (AvgIpc) is 2.88.